The van der Waals surface area contributed by atoms with Gasteiger partial charge >= 0.3 is 0 Å². The summed E-state index contributed by atoms with van der Waals surface area (Å²) in [7, 11) is 1.66. The van der Waals surface area contributed by atoms with Gasteiger partial charge in [0.25, 0.3) is 0 Å². The molecule has 90 valence electrons. The Balaban J connectivity index is 2.43. The van der Waals surface area contributed by atoms with Crippen molar-refractivity contribution in [3.8, 4) is 23.8 Å². The van der Waals surface area contributed by atoms with E-state index in [1.54, 1.807) is 7.11 Å². The van der Waals surface area contributed by atoms with Crippen molar-refractivity contribution in [2.24, 2.45) is 0 Å². The van der Waals surface area contributed by atoms with Crippen LogP contribution in [0.5, 0.6) is 11.5 Å². The van der Waals surface area contributed by atoms with Crippen LogP contribution in [0.2, 0.25) is 0 Å². The summed E-state index contributed by atoms with van der Waals surface area (Å²) in [4.78, 5) is 0. The molecule has 1 aromatic rings. The summed E-state index contributed by atoms with van der Waals surface area (Å²) in [6.45, 7) is 4.79. The van der Waals surface area contributed by atoms with Gasteiger partial charge < -0.3 is 9.47 Å². The fourth-order valence-corrected chi connectivity index (χ4v) is 2.41. The zero-order valence-corrected chi connectivity index (χ0v) is 10.7. The molecule has 2 heteroatoms. The predicted octanol–water partition coefficient (Wildman–Crippen LogP) is 2.93. The largest absolute Gasteiger partial charge is 0.493 e. The van der Waals surface area contributed by atoms with E-state index in [4.69, 9.17) is 15.9 Å². The SMILES string of the molecule is C#CCOc1cc2c(cc1OC)CCC2(C)C. The highest BCUT2D eigenvalue weighted by Crippen LogP contribution is 2.43. The number of rotatable bonds is 3. The van der Waals surface area contributed by atoms with Gasteiger partial charge in [0.1, 0.15) is 6.61 Å². The van der Waals surface area contributed by atoms with Crippen LogP contribution in [0.15, 0.2) is 12.1 Å². The van der Waals surface area contributed by atoms with E-state index >= 15 is 0 Å². The van der Waals surface area contributed by atoms with Gasteiger partial charge in [0, 0.05) is 0 Å². The Morgan fingerprint density at radius 3 is 2.76 bits per heavy atom. The molecule has 0 amide bonds. The molecule has 0 saturated heterocycles. The second-order valence-corrected chi connectivity index (χ2v) is 5.04. The Kier molecular flexibility index (Phi) is 3.02. The van der Waals surface area contributed by atoms with Crippen LogP contribution < -0.4 is 9.47 Å². The van der Waals surface area contributed by atoms with Crippen LogP contribution in [0.3, 0.4) is 0 Å². The van der Waals surface area contributed by atoms with Crippen molar-refractivity contribution in [3.05, 3.63) is 23.3 Å². The Morgan fingerprint density at radius 2 is 2.12 bits per heavy atom. The summed E-state index contributed by atoms with van der Waals surface area (Å²) in [6.07, 6.45) is 7.49. The van der Waals surface area contributed by atoms with Crippen LogP contribution >= 0.6 is 0 Å². The average Bonchev–Trinajstić information content (AvgIpc) is 2.61. The summed E-state index contributed by atoms with van der Waals surface area (Å²) in [5, 5.41) is 0. The Morgan fingerprint density at radius 1 is 1.35 bits per heavy atom. The number of hydrogen-bond donors (Lipinski definition) is 0. The minimum absolute atomic E-state index is 0.218. The average molecular weight is 230 g/mol. The third-order valence-electron chi connectivity index (χ3n) is 3.45. The smallest absolute Gasteiger partial charge is 0.162 e. The summed E-state index contributed by atoms with van der Waals surface area (Å²) in [5.74, 6) is 4.00. The molecule has 0 spiro atoms. The molecule has 2 nitrogen and oxygen atoms in total. The molecule has 0 radical (unpaired) electrons. The summed E-state index contributed by atoms with van der Waals surface area (Å²) in [5.41, 5.74) is 2.93. The number of hydrogen-bond acceptors (Lipinski definition) is 2. The van der Waals surface area contributed by atoms with E-state index in [1.165, 1.54) is 17.5 Å². The minimum Gasteiger partial charge on any atom is -0.493 e. The first-order valence-electron chi connectivity index (χ1n) is 5.86. The van der Waals surface area contributed by atoms with Crippen LogP contribution in [0.25, 0.3) is 0 Å². The van der Waals surface area contributed by atoms with Gasteiger partial charge in [0.05, 0.1) is 7.11 Å². The van der Waals surface area contributed by atoms with Crippen molar-refractivity contribution in [1.82, 2.24) is 0 Å². The van der Waals surface area contributed by atoms with Crippen molar-refractivity contribution < 1.29 is 9.47 Å². The highest BCUT2D eigenvalue weighted by Gasteiger charge is 2.31. The van der Waals surface area contributed by atoms with Gasteiger partial charge in [-0.05, 0) is 41.5 Å². The molecule has 1 aromatic carbocycles. The first-order chi connectivity index (χ1) is 8.08. The lowest BCUT2D eigenvalue weighted by atomic mass is 9.86. The zero-order chi connectivity index (χ0) is 12.5. The van der Waals surface area contributed by atoms with Gasteiger partial charge in [0.2, 0.25) is 0 Å². The first-order valence-corrected chi connectivity index (χ1v) is 5.86. The fraction of sp³-hybridized carbons (Fsp3) is 0.467. The minimum atomic E-state index is 0.218. The molecule has 0 bridgehead atoms. The summed E-state index contributed by atoms with van der Waals surface area (Å²) in [6, 6.07) is 4.16. The second kappa shape index (κ2) is 4.33. The summed E-state index contributed by atoms with van der Waals surface area (Å²) < 4.78 is 10.9. The van der Waals surface area contributed by atoms with E-state index in [9.17, 15) is 0 Å². The molecule has 1 aliphatic carbocycles. The Hall–Kier alpha value is -1.62. The molecule has 0 heterocycles. The lowest BCUT2D eigenvalue weighted by Gasteiger charge is -2.20. The molecule has 0 N–H and O–H groups in total. The molecule has 0 aromatic heterocycles. The quantitative estimate of drug-likeness (QED) is 0.743. The van der Waals surface area contributed by atoms with Crippen LogP contribution in [0, 0.1) is 12.3 Å². The normalized spacial score (nSPS) is 16.1. The van der Waals surface area contributed by atoms with E-state index in [2.05, 4.69) is 31.9 Å². The molecule has 17 heavy (non-hydrogen) atoms. The van der Waals surface area contributed by atoms with Gasteiger partial charge in [-0.3, -0.25) is 0 Å². The molecular weight excluding hydrogens is 212 g/mol. The lowest BCUT2D eigenvalue weighted by Crippen LogP contribution is -2.12. The molecule has 0 aliphatic heterocycles. The van der Waals surface area contributed by atoms with Gasteiger partial charge in [-0.2, -0.15) is 0 Å². The molecule has 1 aliphatic rings. The number of benzene rings is 1. The molecule has 0 unspecified atom stereocenters. The third kappa shape index (κ3) is 2.10. The van der Waals surface area contributed by atoms with Crippen molar-refractivity contribution >= 4 is 0 Å². The van der Waals surface area contributed by atoms with Crippen LogP contribution in [-0.4, -0.2) is 13.7 Å². The van der Waals surface area contributed by atoms with E-state index in [-0.39, 0.29) is 12.0 Å². The number of terminal acetylenes is 1. The maximum absolute atomic E-state index is 5.53. The van der Waals surface area contributed by atoms with Gasteiger partial charge in [-0.25, -0.2) is 0 Å². The Bertz CT molecular complexity index is 467. The molecule has 0 saturated carbocycles. The highest BCUT2D eigenvalue weighted by atomic mass is 16.5. The van der Waals surface area contributed by atoms with Gasteiger partial charge in [-0.1, -0.05) is 19.8 Å². The van der Waals surface area contributed by atoms with Gasteiger partial charge in [-0.15, -0.1) is 6.42 Å². The van der Waals surface area contributed by atoms with E-state index in [1.807, 2.05) is 0 Å². The summed E-state index contributed by atoms with van der Waals surface area (Å²) >= 11 is 0. The lowest BCUT2D eigenvalue weighted by molar-refractivity contribution is 0.330. The number of aryl methyl sites for hydroxylation is 1. The highest BCUT2D eigenvalue weighted by molar-refractivity contribution is 5.52. The predicted molar refractivity (Wildman–Crippen MR) is 68.7 cm³/mol. The monoisotopic (exact) mass is 230 g/mol. The zero-order valence-electron chi connectivity index (χ0n) is 10.7. The van der Waals surface area contributed by atoms with Crippen molar-refractivity contribution in [2.45, 2.75) is 32.1 Å². The van der Waals surface area contributed by atoms with Gasteiger partial charge in [0.15, 0.2) is 11.5 Å². The van der Waals surface area contributed by atoms with E-state index < -0.39 is 0 Å². The number of methoxy groups -OCH3 is 1. The van der Waals surface area contributed by atoms with E-state index in [0.29, 0.717) is 0 Å². The standard InChI is InChI=1S/C15H18O2/c1-5-8-17-14-10-12-11(9-13(14)16-4)6-7-15(12,2)3/h1,9-10H,6-8H2,2-4H3. The number of ether oxygens (including phenoxy) is 2. The van der Waals surface area contributed by atoms with Crippen LogP contribution in [-0.2, 0) is 11.8 Å². The van der Waals surface area contributed by atoms with Crippen molar-refractivity contribution in [2.75, 3.05) is 13.7 Å². The first kappa shape index (κ1) is 11.9. The topological polar surface area (TPSA) is 18.5 Å². The molecule has 0 fully saturated rings. The van der Waals surface area contributed by atoms with Crippen molar-refractivity contribution in [3.63, 3.8) is 0 Å². The third-order valence-corrected chi connectivity index (χ3v) is 3.45. The maximum Gasteiger partial charge on any atom is 0.162 e. The number of fused-ring (bicyclic) bond motifs is 1. The molecule has 0 atom stereocenters. The van der Waals surface area contributed by atoms with E-state index in [0.717, 1.165) is 17.9 Å². The molecular formula is C15H18O2. The maximum atomic E-state index is 5.53. The van der Waals surface area contributed by atoms with Crippen molar-refractivity contribution in [1.29, 1.82) is 0 Å². The Labute approximate surface area is 103 Å². The van der Waals surface area contributed by atoms with Crippen LogP contribution in [0.1, 0.15) is 31.4 Å². The second-order valence-electron chi connectivity index (χ2n) is 5.04. The fourth-order valence-electron chi connectivity index (χ4n) is 2.41. The molecule has 2 rings (SSSR count). The van der Waals surface area contributed by atoms with Crippen LogP contribution in [0.4, 0.5) is 0 Å².